The molecule has 0 aliphatic rings. The fourth-order valence-corrected chi connectivity index (χ4v) is 1.42. The molecule has 1 aromatic rings. The van der Waals surface area contributed by atoms with E-state index in [1.165, 1.54) is 6.20 Å². The van der Waals surface area contributed by atoms with Crippen LogP contribution in [0.3, 0.4) is 0 Å². The monoisotopic (exact) mass is 236 g/mol. The summed E-state index contributed by atoms with van der Waals surface area (Å²) in [4.78, 5) is 30.8. The molecule has 0 unspecified atom stereocenters. The van der Waals surface area contributed by atoms with Crippen LogP contribution in [0.4, 0.5) is 0 Å². The molecule has 0 bridgehead atoms. The smallest absolute Gasteiger partial charge is 0.355 e. The fourth-order valence-electron chi connectivity index (χ4n) is 1.42. The Bertz CT molecular complexity index is 441. The van der Waals surface area contributed by atoms with E-state index in [1.54, 1.807) is 13.8 Å². The number of hydrogen-bond acceptors (Lipinski definition) is 4. The van der Waals surface area contributed by atoms with Crippen molar-refractivity contribution in [1.82, 2.24) is 9.97 Å². The lowest BCUT2D eigenvalue weighted by Crippen LogP contribution is -2.17. The van der Waals surface area contributed by atoms with Crippen LogP contribution in [0.1, 0.15) is 53.9 Å². The van der Waals surface area contributed by atoms with Crippen LogP contribution < -0.4 is 0 Å². The number of carboxylic acids is 1. The van der Waals surface area contributed by atoms with Crippen LogP contribution in [0.2, 0.25) is 0 Å². The van der Waals surface area contributed by atoms with Gasteiger partial charge in [-0.15, -0.1) is 0 Å². The number of nitrogens with zero attached hydrogens (tertiary/aromatic N) is 2. The molecule has 5 heteroatoms. The van der Waals surface area contributed by atoms with Crippen molar-refractivity contribution in [2.75, 3.05) is 0 Å². The Balaban J connectivity index is 3.22. The first-order valence-corrected chi connectivity index (χ1v) is 5.60. The summed E-state index contributed by atoms with van der Waals surface area (Å²) in [6.07, 6.45) is 2.76. The number of carbonyl (C=O) groups is 2. The molecule has 0 aliphatic heterocycles. The van der Waals surface area contributed by atoms with E-state index in [1.807, 2.05) is 6.92 Å². The van der Waals surface area contributed by atoms with Crippen LogP contribution in [-0.2, 0) is 6.42 Å². The highest BCUT2D eigenvalue weighted by atomic mass is 16.4. The Morgan fingerprint density at radius 3 is 2.53 bits per heavy atom. The normalized spacial score (nSPS) is 10.6. The Labute approximate surface area is 99.9 Å². The summed E-state index contributed by atoms with van der Waals surface area (Å²) in [7, 11) is 0. The third-order valence-corrected chi connectivity index (χ3v) is 2.30. The van der Waals surface area contributed by atoms with Gasteiger partial charge in [-0.1, -0.05) is 20.8 Å². The van der Waals surface area contributed by atoms with Crippen molar-refractivity contribution in [2.24, 2.45) is 5.92 Å². The number of carboxylic acid groups (broad SMARTS) is 1. The zero-order valence-corrected chi connectivity index (χ0v) is 10.2. The molecule has 92 valence electrons. The minimum absolute atomic E-state index is 0.0901. The quantitative estimate of drug-likeness (QED) is 0.790. The molecule has 0 aromatic carbocycles. The van der Waals surface area contributed by atoms with Crippen molar-refractivity contribution in [3.05, 3.63) is 23.3 Å². The molecule has 0 amide bonds. The molecule has 0 saturated carbocycles. The lowest BCUT2D eigenvalue weighted by molar-refractivity contribution is 0.0683. The van der Waals surface area contributed by atoms with Gasteiger partial charge in [-0.25, -0.2) is 14.8 Å². The van der Waals surface area contributed by atoms with Gasteiger partial charge in [0.1, 0.15) is 5.82 Å². The molecular weight excluding hydrogens is 220 g/mol. The number of aromatic nitrogens is 2. The molecule has 5 nitrogen and oxygen atoms in total. The second-order valence-electron chi connectivity index (χ2n) is 4.12. The van der Waals surface area contributed by atoms with Crippen LogP contribution in [0.15, 0.2) is 6.20 Å². The summed E-state index contributed by atoms with van der Waals surface area (Å²) in [6, 6.07) is 0. The molecular formula is C12H16N2O3. The predicted molar refractivity (Wildman–Crippen MR) is 62.2 cm³/mol. The van der Waals surface area contributed by atoms with Gasteiger partial charge in [-0.05, 0) is 6.42 Å². The number of carbonyl (C=O) groups excluding carboxylic acids is 1. The summed E-state index contributed by atoms with van der Waals surface area (Å²) in [5, 5.41) is 9.05. The van der Waals surface area contributed by atoms with E-state index in [9.17, 15) is 9.59 Å². The maximum Gasteiger partial charge on any atom is 0.355 e. The van der Waals surface area contributed by atoms with Gasteiger partial charge in [0, 0.05) is 18.5 Å². The van der Waals surface area contributed by atoms with Crippen molar-refractivity contribution in [2.45, 2.75) is 33.6 Å². The Morgan fingerprint density at radius 1 is 1.41 bits per heavy atom. The SMILES string of the molecule is CCCc1ncc(C(=O)C(C)C)c(C(=O)O)n1. The largest absolute Gasteiger partial charge is 0.476 e. The van der Waals surface area contributed by atoms with Crippen LogP contribution in [0.5, 0.6) is 0 Å². The summed E-state index contributed by atoms with van der Waals surface area (Å²) < 4.78 is 0. The molecule has 0 aliphatic carbocycles. The Hall–Kier alpha value is -1.78. The highest BCUT2D eigenvalue weighted by Crippen LogP contribution is 2.12. The lowest BCUT2D eigenvalue weighted by atomic mass is 10.0. The van der Waals surface area contributed by atoms with Crippen molar-refractivity contribution < 1.29 is 14.7 Å². The molecule has 1 N–H and O–H groups in total. The average molecular weight is 236 g/mol. The maximum absolute atomic E-state index is 11.8. The minimum atomic E-state index is -1.19. The van der Waals surface area contributed by atoms with E-state index in [4.69, 9.17) is 5.11 Å². The minimum Gasteiger partial charge on any atom is -0.476 e. The van der Waals surface area contributed by atoms with E-state index < -0.39 is 5.97 Å². The van der Waals surface area contributed by atoms with Crippen molar-refractivity contribution >= 4 is 11.8 Å². The molecule has 17 heavy (non-hydrogen) atoms. The number of Topliss-reactive ketones (excluding diaryl/α,β-unsaturated/α-hetero) is 1. The van der Waals surface area contributed by atoms with Gasteiger partial charge in [-0.2, -0.15) is 0 Å². The zero-order chi connectivity index (χ0) is 13.0. The molecule has 1 heterocycles. The van der Waals surface area contributed by atoms with Gasteiger partial charge < -0.3 is 5.11 Å². The van der Waals surface area contributed by atoms with Crippen LogP contribution in [-0.4, -0.2) is 26.8 Å². The van der Waals surface area contributed by atoms with E-state index in [-0.39, 0.29) is 23.0 Å². The summed E-state index contributed by atoms with van der Waals surface area (Å²) in [5.41, 5.74) is -0.102. The summed E-state index contributed by atoms with van der Waals surface area (Å²) in [5.74, 6) is -1.24. The van der Waals surface area contributed by atoms with E-state index in [0.29, 0.717) is 12.2 Å². The Morgan fingerprint density at radius 2 is 2.06 bits per heavy atom. The zero-order valence-electron chi connectivity index (χ0n) is 10.2. The van der Waals surface area contributed by atoms with E-state index >= 15 is 0 Å². The molecule has 0 spiro atoms. The highest BCUT2D eigenvalue weighted by Gasteiger charge is 2.21. The summed E-state index contributed by atoms with van der Waals surface area (Å²) >= 11 is 0. The molecule has 0 fully saturated rings. The number of aryl methyl sites for hydroxylation is 1. The number of ketones is 1. The van der Waals surface area contributed by atoms with Crippen LogP contribution in [0.25, 0.3) is 0 Å². The third kappa shape index (κ3) is 3.09. The maximum atomic E-state index is 11.8. The number of hydrogen-bond donors (Lipinski definition) is 1. The van der Waals surface area contributed by atoms with Gasteiger partial charge in [0.25, 0.3) is 0 Å². The standard InChI is InChI=1S/C12H16N2O3/c1-4-5-9-13-6-8(11(15)7(2)3)10(14-9)12(16)17/h6-7H,4-5H2,1-3H3,(H,16,17). The third-order valence-electron chi connectivity index (χ3n) is 2.30. The topological polar surface area (TPSA) is 80.2 Å². The van der Waals surface area contributed by atoms with Gasteiger partial charge in [0.15, 0.2) is 11.5 Å². The van der Waals surface area contributed by atoms with Gasteiger partial charge >= 0.3 is 5.97 Å². The van der Waals surface area contributed by atoms with E-state index in [2.05, 4.69) is 9.97 Å². The van der Waals surface area contributed by atoms with Gasteiger partial charge in [-0.3, -0.25) is 4.79 Å². The van der Waals surface area contributed by atoms with Gasteiger partial charge in [0.2, 0.25) is 0 Å². The fraction of sp³-hybridized carbons (Fsp3) is 0.500. The Kier molecular flexibility index (Phi) is 4.31. The van der Waals surface area contributed by atoms with Gasteiger partial charge in [0.05, 0.1) is 5.56 Å². The van der Waals surface area contributed by atoms with Crippen molar-refractivity contribution in [1.29, 1.82) is 0 Å². The van der Waals surface area contributed by atoms with Crippen molar-refractivity contribution in [3.8, 4) is 0 Å². The highest BCUT2D eigenvalue weighted by molar-refractivity contribution is 6.05. The molecule has 1 rings (SSSR count). The molecule has 0 atom stereocenters. The second kappa shape index (κ2) is 5.52. The first-order chi connectivity index (χ1) is 7.97. The lowest BCUT2D eigenvalue weighted by Gasteiger charge is -2.08. The molecule has 0 radical (unpaired) electrons. The van der Waals surface area contributed by atoms with E-state index in [0.717, 1.165) is 6.42 Å². The van der Waals surface area contributed by atoms with Crippen molar-refractivity contribution in [3.63, 3.8) is 0 Å². The average Bonchev–Trinajstić information content (AvgIpc) is 2.28. The van der Waals surface area contributed by atoms with Crippen LogP contribution in [0, 0.1) is 5.92 Å². The summed E-state index contributed by atoms with van der Waals surface area (Å²) in [6.45, 7) is 5.39. The predicted octanol–water partition coefficient (Wildman–Crippen LogP) is 1.97. The number of rotatable bonds is 5. The first-order valence-electron chi connectivity index (χ1n) is 5.60. The molecule has 1 aromatic heterocycles. The first kappa shape index (κ1) is 13.3. The molecule has 0 saturated heterocycles. The second-order valence-corrected chi connectivity index (χ2v) is 4.12. The number of aromatic carboxylic acids is 1. The van der Waals surface area contributed by atoms with Crippen LogP contribution >= 0.6 is 0 Å².